The maximum Gasteiger partial charge on any atom is 0.229 e. The minimum atomic E-state index is 0.753. The first kappa shape index (κ1) is 25.2. The molecule has 0 aliphatic carbocycles. The maximum atomic E-state index is 5.73. The van der Waals surface area contributed by atoms with Crippen molar-refractivity contribution in [1.29, 1.82) is 0 Å². The van der Waals surface area contributed by atoms with Gasteiger partial charge in [0.1, 0.15) is 0 Å². The molecule has 0 aromatic heterocycles. The van der Waals surface area contributed by atoms with Crippen molar-refractivity contribution in [3.63, 3.8) is 0 Å². The molecule has 0 amide bonds. The van der Waals surface area contributed by atoms with E-state index in [0.717, 1.165) is 16.4 Å². The van der Waals surface area contributed by atoms with Crippen LogP contribution in [0.4, 0.5) is 0 Å². The summed E-state index contributed by atoms with van der Waals surface area (Å²) in [7, 11) is 0.753. The van der Waals surface area contributed by atoms with Crippen LogP contribution in [0.5, 0.6) is 0 Å². The summed E-state index contributed by atoms with van der Waals surface area (Å²) in [6, 6.07) is 1.28. The van der Waals surface area contributed by atoms with Gasteiger partial charge in [-0.1, -0.05) is 129 Å². The van der Waals surface area contributed by atoms with Crippen molar-refractivity contribution in [2.75, 3.05) is 6.61 Å². The molecule has 0 atom stereocenters. The van der Waals surface area contributed by atoms with Crippen molar-refractivity contribution >= 4 is 9.76 Å². The Morgan fingerprint density at radius 1 is 0.440 bits per heavy atom. The van der Waals surface area contributed by atoms with Crippen LogP contribution in [-0.2, 0) is 4.43 Å². The van der Waals surface area contributed by atoms with Gasteiger partial charge in [-0.25, -0.2) is 0 Å². The van der Waals surface area contributed by atoms with Crippen molar-refractivity contribution in [3.05, 3.63) is 0 Å². The molecule has 0 unspecified atom stereocenters. The van der Waals surface area contributed by atoms with Crippen LogP contribution in [0.3, 0.4) is 0 Å². The number of rotatable bonds is 22. The monoisotopic (exact) mass is 368 g/mol. The lowest BCUT2D eigenvalue weighted by molar-refractivity contribution is 0.319. The van der Waals surface area contributed by atoms with Crippen molar-refractivity contribution in [3.8, 4) is 0 Å². The van der Waals surface area contributed by atoms with Gasteiger partial charge < -0.3 is 4.43 Å². The molecule has 0 saturated heterocycles. The largest absolute Gasteiger partial charge is 0.417 e. The van der Waals surface area contributed by atoms with E-state index in [9.17, 15) is 0 Å². The molecule has 25 heavy (non-hydrogen) atoms. The van der Waals surface area contributed by atoms with E-state index in [0.29, 0.717) is 0 Å². The third-order valence-electron chi connectivity index (χ3n) is 5.08. The van der Waals surface area contributed by atoms with Crippen molar-refractivity contribution in [2.24, 2.45) is 0 Å². The van der Waals surface area contributed by atoms with E-state index in [1.807, 2.05) is 0 Å². The van der Waals surface area contributed by atoms with E-state index in [1.165, 1.54) is 128 Å². The number of unbranched alkanes of at least 4 members (excludes halogenated alkanes) is 17. The zero-order valence-corrected chi connectivity index (χ0v) is 18.8. The Hall–Kier alpha value is 0.177. The highest BCUT2D eigenvalue weighted by atomic mass is 28.2. The zero-order chi connectivity index (χ0) is 18.3. The van der Waals surface area contributed by atoms with E-state index in [2.05, 4.69) is 13.8 Å². The summed E-state index contributed by atoms with van der Waals surface area (Å²) in [5.74, 6) is 0. The highest BCUT2D eigenvalue weighted by Crippen LogP contribution is 2.13. The van der Waals surface area contributed by atoms with Crippen molar-refractivity contribution in [1.82, 2.24) is 0 Å². The van der Waals surface area contributed by atoms with Gasteiger partial charge in [0.05, 0.1) is 0 Å². The van der Waals surface area contributed by atoms with Gasteiger partial charge in [-0.3, -0.25) is 0 Å². The molecule has 0 rings (SSSR count). The van der Waals surface area contributed by atoms with Gasteiger partial charge in [-0.2, -0.15) is 0 Å². The van der Waals surface area contributed by atoms with Crippen LogP contribution < -0.4 is 0 Å². The molecule has 0 fully saturated rings. The molecule has 0 spiro atoms. The smallest absolute Gasteiger partial charge is 0.229 e. The standard InChI is InChI=1S/C23H48OSi/c1-3-5-7-8-9-10-11-12-13-14-15-16-17-18-19-20-22-24-25-23-21-6-4-2/h3-23H2,1-2H3. The minimum absolute atomic E-state index is 0.753. The summed E-state index contributed by atoms with van der Waals surface area (Å²) < 4.78 is 5.73. The van der Waals surface area contributed by atoms with E-state index < -0.39 is 0 Å². The Kier molecular flexibility index (Phi) is 24.3. The molecule has 0 aromatic rings. The molecule has 1 nitrogen and oxygen atoms in total. The van der Waals surface area contributed by atoms with Crippen LogP contribution in [0, 0.1) is 0 Å². The van der Waals surface area contributed by atoms with E-state index in [-0.39, 0.29) is 0 Å². The molecule has 0 bridgehead atoms. The highest BCUT2D eigenvalue weighted by Gasteiger charge is 1.96. The fourth-order valence-electron chi connectivity index (χ4n) is 3.31. The van der Waals surface area contributed by atoms with E-state index >= 15 is 0 Å². The van der Waals surface area contributed by atoms with Crippen LogP contribution in [0.15, 0.2) is 0 Å². The van der Waals surface area contributed by atoms with E-state index in [1.54, 1.807) is 0 Å². The van der Waals surface area contributed by atoms with Crippen LogP contribution in [0.25, 0.3) is 0 Å². The normalized spacial score (nSPS) is 11.3. The Labute approximate surface area is 163 Å². The van der Waals surface area contributed by atoms with Crippen LogP contribution in [0.1, 0.15) is 136 Å². The van der Waals surface area contributed by atoms with Gasteiger partial charge >= 0.3 is 0 Å². The van der Waals surface area contributed by atoms with Gasteiger partial charge in [0.15, 0.2) is 0 Å². The number of hydrogen-bond donors (Lipinski definition) is 0. The van der Waals surface area contributed by atoms with Crippen LogP contribution in [-0.4, -0.2) is 16.4 Å². The summed E-state index contributed by atoms with van der Waals surface area (Å²) >= 11 is 0. The molecule has 2 radical (unpaired) electrons. The molecule has 0 aliphatic rings. The molecule has 0 aliphatic heterocycles. The zero-order valence-electron chi connectivity index (χ0n) is 17.8. The first-order valence-electron chi connectivity index (χ1n) is 11.8. The third kappa shape index (κ3) is 24.2. The second-order valence-electron chi connectivity index (χ2n) is 7.75. The Morgan fingerprint density at radius 2 is 0.800 bits per heavy atom. The first-order chi connectivity index (χ1) is 12.4. The van der Waals surface area contributed by atoms with Gasteiger partial charge in [0.25, 0.3) is 0 Å². The van der Waals surface area contributed by atoms with Crippen molar-refractivity contribution < 1.29 is 4.43 Å². The second kappa shape index (κ2) is 24.2. The summed E-state index contributed by atoms with van der Waals surface area (Å²) in [4.78, 5) is 0. The molecule has 0 N–H and O–H groups in total. The summed E-state index contributed by atoms with van der Waals surface area (Å²) in [6.45, 7) is 5.56. The average Bonchev–Trinajstić information content (AvgIpc) is 2.63. The van der Waals surface area contributed by atoms with E-state index in [4.69, 9.17) is 4.43 Å². The predicted octanol–water partition coefficient (Wildman–Crippen LogP) is 8.49. The SMILES string of the molecule is CCCCCCCCCCCCCCCCCCO[Si]CCCCC. The minimum Gasteiger partial charge on any atom is -0.417 e. The summed E-state index contributed by atoms with van der Waals surface area (Å²) in [6.07, 6.45) is 27.1. The molecule has 0 heterocycles. The average molecular weight is 369 g/mol. The molecule has 2 heteroatoms. The maximum absolute atomic E-state index is 5.73. The lowest BCUT2D eigenvalue weighted by Crippen LogP contribution is -2.00. The lowest BCUT2D eigenvalue weighted by Gasteiger charge is -2.04. The summed E-state index contributed by atoms with van der Waals surface area (Å²) in [5, 5.41) is 0. The fourth-order valence-corrected chi connectivity index (χ4v) is 4.14. The third-order valence-corrected chi connectivity index (χ3v) is 6.05. The molecule has 0 aromatic carbocycles. The van der Waals surface area contributed by atoms with Gasteiger partial charge in [-0.15, -0.1) is 0 Å². The predicted molar refractivity (Wildman–Crippen MR) is 116 cm³/mol. The quantitative estimate of drug-likeness (QED) is 0.137. The van der Waals surface area contributed by atoms with Gasteiger partial charge in [0.2, 0.25) is 9.76 Å². The highest BCUT2D eigenvalue weighted by molar-refractivity contribution is 6.26. The Bertz CT molecular complexity index is 198. The van der Waals surface area contributed by atoms with Crippen LogP contribution >= 0.6 is 0 Å². The first-order valence-corrected chi connectivity index (χ1v) is 12.9. The molecule has 0 saturated carbocycles. The van der Waals surface area contributed by atoms with Crippen LogP contribution in [0.2, 0.25) is 6.04 Å². The number of hydrogen-bond acceptors (Lipinski definition) is 1. The van der Waals surface area contributed by atoms with Crippen molar-refractivity contribution in [2.45, 2.75) is 142 Å². The lowest BCUT2D eigenvalue weighted by atomic mass is 10.0. The molecular weight excluding hydrogens is 320 g/mol. The topological polar surface area (TPSA) is 9.23 Å². The summed E-state index contributed by atoms with van der Waals surface area (Å²) in [5.41, 5.74) is 0. The van der Waals surface area contributed by atoms with Gasteiger partial charge in [0, 0.05) is 6.61 Å². The van der Waals surface area contributed by atoms with Gasteiger partial charge in [-0.05, 0) is 12.5 Å². The molecular formula is C23H48OSi. The Morgan fingerprint density at radius 3 is 1.24 bits per heavy atom. The second-order valence-corrected chi connectivity index (χ2v) is 8.83. The fraction of sp³-hybridized carbons (Fsp3) is 1.00. The molecule has 150 valence electrons. The Balaban J connectivity index is 2.94.